The summed E-state index contributed by atoms with van der Waals surface area (Å²) in [6, 6.07) is 2.65. The molecule has 0 atom stereocenters. The topological polar surface area (TPSA) is 22.1 Å². The van der Waals surface area contributed by atoms with Crippen molar-refractivity contribution in [3.05, 3.63) is 23.5 Å². The standard InChI is InChI=1S/C5H3ClFNO/c6-5-3-4(9-7)1-2-8-5/h1-3H. The lowest BCUT2D eigenvalue weighted by atomic mass is 10.5. The normalized spacial score (nSPS) is 9.11. The van der Waals surface area contributed by atoms with Crippen molar-refractivity contribution in [3.8, 4) is 5.75 Å². The van der Waals surface area contributed by atoms with E-state index in [1.165, 1.54) is 18.3 Å². The Morgan fingerprint density at radius 2 is 2.44 bits per heavy atom. The maximum atomic E-state index is 11.3. The molecule has 0 unspecified atom stereocenters. The predicted molar refractivity (Wildman–Crippen MR) is 31.0 cm³/mol. The summed E-state index contributed by atoms with van der Waals surface area (Å²) in [5.41, 5.74) is 0. The Morgan fingerprint density at radius 1 is 1.67 bits per heavy atom. The molecule has 1 aromatic heterocycles. The molecule has 0 aliphatic heterocycles. The average molecular weight is 148 g/mol. The summed E-state index contributed by atoms with van der Waals surface area (Å²) in [7, 11) is 0. The van der Waals surface area contributed by atoms with Gasteiger partial charge >= 0.3 is 0 Å². The minimum atomic E-state index is 0.0648. The summed E-state index contributed by atoms with van der Waals surface area (Å²) in [5, 5.41) is 0.213. The third-order valence-corrected chi connectivity index (χ3v) is 0.994. The highest BCUT2D eigenvalue weighted by Gasteiger charge is 1.92. The summed E-state index contributed by atoms with van der Waals surface area (Å²) >= 11 is 5.37. The van der Waals surface area contributed by atoms with Crippen LogP contribution in [-0.2, 0) is 0 Å². The van der Waals surface area contributed by atoms with Crippen LogP contribution in [0.25, 0.3) is 0 Å². The van der Waals surface area contributed by atoms with Gasteiger partial charge in [0.2, 0.25) is 0 Å². The lowest BCUT2D eigenvalue weighted by Crippen LogP contribution is -1.77. The molecule has 0 saturated carbocycles. The molecule has 0 N–H and O–H groups in total. The molecule has 0 aromatic carbocycles. The summed E-state index contributed by atoms with van der Waals surface area (Å²) < 4.78 is 11.3. The minimum Gasteiger partial charge on any atom is -0.294 e. The molecule has 9 heavy (non-hydrogen) atoms. The quantitative estimate of drug-likeness (QED) is 0.567. The van der Waals surface area contributed by atoms with Crippen LogP contribution in [0.2, 0.25) is 5.15 Å². The highest BCUT2D eigenvalue weighted by molar-refractivity contribution is 6.29. The number of aromatic nitrogens is 1. The summed E-state index contributed by atoms with van der Waals surface area (Å²) in [6.07, 6.45) is 1.36. The first kappa shape index (κ1) is 6.29. The van der Waals surface area contributed by atoms with Crippen molar-refractivity contribution in [2.45, 2.75) is 0 Å². The van der Waals surface area contributed by atoms with Gasteiger partial charge in [-0.05, 0) is 0 Å². The van der Waals surface area contributed by atoms with E-state index in [-0.39, 0.29) is 10.9 Å². The first-order valence-electron chi connectivity index (χ1n) is 2.23. The van der Waals surface area contributed by atoms with Gasteiger partial charge in [-0.3, -0.25) is 4.94 Å². The van der Waals surface area contributed by atoms with Gasteiger partial charge in [-0.25, -0.2) is 4.98 Å². The summed E-state index contributed by atoms with van der Waals surface area (Å²) in [5.74, 6) is 0.0648. The van der Waals surface area contributed by atoms with Gasteiger partial charge in [0.05, 0.1) is 0 Å². The fourth-order valence-electron chi connectivity index (χ4n) is 0.433. The van der Waals surface area contributed by atoms with Crippen LogP contribution in [0.15, 0.2) is 18.3 Å². The van der Waals surface area contributed by atoms with Gasteiger partial charge in [0, 0.05) is 22.9 Å². The SMILES string of the molecule is FOc1ccnc(Cl)c1. The second-order valence-electron chi connectivity index (χ2n) is 1.39. The number of pyridine rings is 1. The van der Waals surface area contributed by atoms with Crippen molar-refractivity contribution < 1.29 is 9.47 Å². The van der Waals surface area contributed by atoms with Crippen molar-refractivity contribution >= 4 is 11.6 Å². The lowest BCUT2D eigenvalue weighted by Gasteiger charge is -1.90. The summed E-state index contributed by atoms with van der Waals surface area (Å²) in [4.78, 5) is 6.98. The fourth-order valence-corrected chi connectivity index (χ4v) is 0.597. The molecule has 48 valence electrons. The Labute approximate surface area is 56.1 Å². The number of hydrogen-bond donors (Lipinski definition) is 0. The van der Waals surface area contributed by atoms with E-state index in [1.807, 2.05) is 0 Å². The molecule has 1 heterocycles. The van der Waals surface area contributed by atoms with E-state index in [4.69, 9.17) is 11.6 Å². The molecule has 0 spiro atoms. The third-order valence-electron chi connectivity index (χ3n) is 0.787. The molecule has 0 saturated heterocycles. The number of halogens is 2. The summed E-state index contributed by atoms with van der Waals surface area (Å²) in [6.45, 7) is 0. The van der Waals surface area contributed by atoms with E-state index in [2.05, 4.69) is 9.93 Å². The van der Waals surface area contributed by atoms with E-state index in [0.29, 0.717) is 0 Å². The molecule has 1 rings (SSSR count). The van der Waals surface area contributed by atoms with Gasteiger partial charge < -0.3 is 0 Å². The van der Waals surface area contributed by atoms with Crippen LogP contribution in [0.3, 0.4) is 0 Å². The Hall–Kier alpha value is -0.830. The molecule has 0 radical (unpaired) electrons. The Morgan fingerprint density at radius 3 is 2.89 bits per heavy atom. The van der Waals surface area contributed by atoms with Crippen LogP contribution in [-0.4, -0.2) is 4.98 Å². The molecular weight excluding hydrogens is 145 g/mol. The Kier molecular flexibility index (Phi) is 1.85. The van der Waals surface area contributed by atoms with E-state index in [1.54, 1.807) is 0 Å². The van der Waals surface area contributed by atoms with Gasteiger partial charge in [-0.2, -0.15) is 0 Å². The second-order valence-corrected chi connectivity index (χ2v) is 1.78. The van der Waals surface area contributed by atoms with Gasteiger partial charge in [0.1, 0.15) is 5.15 Å². The van der Waals surface area contributed by atoms with Crippen LogP contribution in [0, 0.1) is 0 Å². The van der Waals surface area contributed by atoms with Crippen molar-refractivity contribution in [1.82, 2.24) is 4.98 Å². The van der Waals surface area contributed by atoms with Crippen molar-refractivity contribution in [2.75, 3.05) is 0 Å². The zero-order valence-corrected chi connectivity index (χ0v) is 5.10. The van der Waals surface area contributed by atoms with E-state index in [9.17, 15) is 4.53 Å². The molecule has 2 nitrogen and oxygen atoms in total. The van der Waals surface area contributed by atoms with Crippen LogP contribution < -0.4 is 4.94 Å². The first-order chi connectivity index (χ1) is 4.33. The van der Waals surface area contributed by atoms with Gasteiger partial charge in [-0.1, -0.05) is 11.6 Å². The monoisotopic (exact) mass is 147 g/mol. The molecule has 0 amide bonds. The van der Waals surface area contributed by atoms with Crippen LogP contribution in [0.4, 0.5) is 4.53 Å². The third kappa shape index (κ3) is 1.54. The highest BCUT2D eigenvalue weighted by Crippen LogP contribution is 2.13. The van der Waals surface area contributed by atoms with Gasteiger partial charge in [0.25, 0.3) is 0 Å². The van der Waals surface area contributed by atoms with E-state index >= 15 is 0 Å². The maximum Gasteiger partial charge on any atom is 0.176 e. The van der Waals surface area contributed by atoms with Crippen LogP contribution in [0.5, 0.6) is 5.75 Å². The van der Waals surface area contributed by atoms with Crippen LogP contribution in [0.1, 0.15) is 0 Å². The second kappa shape index (κ2) is 2.64. The average Bonchev–Trinajstić information content (AvgIpc) is 1.88. The molecular formula is C5H3ClFNO. The fraction of sp³-hybridized carbons (Fsp3) is 0. The molecule has 1 aromatic rings. The van der Waals surface area contributed by atoms with Crippen molar-refractivity contribution in [3.63, 3.8) is 0 Å². The molecule has 0 aliphatic rings. The zero-order chi connectivity index (χ0) is 6.69. The van der Waals surface area contributed by atoms with Crippen LogP contribution >= 0.6 is 11.6 Å². The highest BCUT2D eigenvalue weighted by atomic mass is 35.5. The zero-order valence-electron chi connectivity index (χ0n) is 4.34. The maximum absolute atomic E-state index is 11.3. The van der Waals surface area contributed by atoms with E-state index in [0.717, 1.165) is 0 Å². The van der Waals surface area contributed by atoms with Crippen molar-refractivity contribution in [1.29, 1.82) is 0 Å². The molecule has 0 bridgehead atoms. The first-order valence-corrected chi connectivity index (χ1v) is 2.61. The van der Waals surface area contributed by atoms with Crippen molar-refractivity contribution in [2.24, 2.45) is 0 Å². The van der Waals surface area contributed by atoms with E-state index < -0.39 is 0 Å². The number of nitrogens with zero attached hydrogens (tertiary/aromatic N) is 1. The molecule has 0 aliphatic carbocycles. The largest absolute Gasteiger partial charge is 0.294 e. The Bertz CT molecular complexity index is 206. The smallest absolute Gasteiger partial charge is 0.176 e. The van der Waals surface area contributed by atoms with Gasteiger partial charge in [0.15, 0.2) is 5.75 Å². The molecule has 0 fully saturated rings. The minimum absolute atomic E-state index is 0.0648. The van der Waals surface area contributed by atoms with Gasteiger partial charge in [-0.15, -0.1) is 0 Å². The lowest BCUT2D eigenvalue weighted by molar-refractivity contribution is -0.00629. The number of rotatable bonds is 1. The number of hydrogen-bond acceptors (Lipinski definition) is 2. The molecule has 4 heteroatoms. The predicted octanol–water partition coefficient (Wildman–Crippen LogP) is 2.00. The Balaban J connectivity index is 2.94.